The van der Waals surface area contributed by atoms with Crippen molar-refractivity contribution in [2.24, 2.45) is 0 Å². The first-order chi connectivity index (χ1) is 14.1. The fourth-order valence-electron chi connectivity index (χ4n) is 3.58. The zero-order valence-corrected chi connectivity index (χ0v) is 16.6. The Hall–Kier alpha value is -2.96. The van der Waals surface area contributed by atoms with Crippen LogP contribution >= 0.6 is 0 Å². The zero-order chi connectivity index (χ0) is 21.7. The largest absolute Gasteiger partial charge is 0.468 e. The Labute approximate surface area is 171 Å². The summed E-state index contributed by atoms with van der Waals surface area (Å²) in [6.45, 7) is 4.54. The van der Waals surface area contributed by atoms with Crippen molar-refractivity contribution in [1.29, 1.82) is 0 Å². The van der Waals surface area contributed by atoms with E-state index >= 15 is 0 Å². The highest BCUT2D eigenvalue weighted by Gasteiger charge is 2.66. The minimum Gasteiger partial charge on any atom is -0.446 e. The number of rotatable bonds is 4. The summed E-state index contributed by atoms with van der Waals surface area (Å²) in [6.07, 6.45) is -4.76. The van der Waals surface area contributed by atoms with E-state index in [0.29, 0.717) is 22.6 Å². The standard InChI is InChI=1S/C23H20F4O3/c1-14-20(30-23(26,27)22(14,24)25)13-17-8-7-11-19(12-17)21(18-9-5-4-6-10-18)28-15(2)16(3)29-21/h4-12H,13H2,1-3H3. The molecule has 0 aromatic heterocycles. The highest BCUT2D eigenvalue weighted by Crippen LogP contribution is 2.50. The van der Waals surface area contributed by atoms with Crippen LogP contribution in [0.5, 0.6) is 0 Å². The van der Waals surface area contributed by atoms with Gasteiger partial charge >= 0.3 is 17.8 Å². The second kappa shape index (κ2) is 6.79. The molecule has 0 saturated heterocycles. The molecule has 4 rings (SSSR count). The summed E-state index contributed by atoms with van der Waals surface area (Å²) >= 11 is 0. The minimum atomic E-state index is -4.55. The molecule has 0 saturated carbocycles. The van der Waals surface area contributed by atoms with E-state index < -0.39 is 29.2 Å². The van der Waals surface area contributed by atoms with Crippen LogP contribution in [0.15, 0.2) is 77.4 Å². The van der Waals surface area contributed by atoms with Crippen molar-refractivity contribution in [3.8, 4) is 0 Å². The van der Waals surface area contributed by atoms with Crippen molar-refractivity contribution in [3.05, 3.63) is 94.1 Å². The van der Waals surface area contributed by atoms with E-state index in [0.717, 1.165) is 12.5 Å². The Balaban J connectivity index is 1.72. The SMILES string of the molecule is CC1=C(C)OC(c2ccccc2)(c2cccc(CC3=C(C)C(F)(F)C(F)(F)O3)c2)O1. The molecule has 0 aliphatic carbocycles. The maximum Gasteiger partial charge on any atom is 0.468 e. The summed E-state index contributed by atoms with van der Waals surface area (Å²) < 4.78 is 71.2. The predicted octanol–water partition coefficient (Wildman–Crippen LogP) is 6.26. The molecule has 0 spiro atoms. The summed E-state index contributed by atoms with van der Waals surface area (Å²) in [4.78, 5) is 0. The topological polar surface area (TPSA) is 27.7 Å². The van der Waals surface area contributed by atoms with Crippen molar-refractivity contribution in [3.63, 3.8) is 0 Å². The van der Waals surface area contributed by atoms with Gasteiger partial charge in [-0.15, -0.1) is 0 Å². The fourth-order valence-corrected chi connectivity index (χ4v) is 3.58. The average Bonchev–Trinajstić information content (AvgIpc) is 3.10. The molecule has 0 amide bonds. The molecule has 2 aromatic rings. The first-order valence-electron chi connectivity index (χ1n) is 9.42. The van der Waals surface area contributed by atoms with E-state index in [1.165, 1.54) is 0 Å². The maximum absolute atomic E-state index is 13.8. The highest BCUT2D eigenvalue weighted by atomic mass is 19.3. The summed E-state index contributed by atoms with van der Waals surface area (Å²) in [7, 11) is 0. The number of halogens is 4. The van der Waals surface area contributed by atoms with Gasteiger partial charge in [-0.2, -0.15) is 17.6 Å². The van der Waals surface area contributed by atoms with Gasteiger partial charge in [0, 0.05) is 23.1 Å². The number of benzene rings is 2. The summed E-state index contributed by atoms with van der Waals surface area (Å²) in [6, 6.07) is 16.1. The number of ether oxygens (including phenoxy) is 3. The third-order valence-corrected chi connectivity index (χ3v) is 5.42. The molecule has 30 heavy (non-hydrogen) atoms. The van der Waals surface area contributed by atoms with E-state index in [1.807, 2.05) is 30.3 Å². The fraction of sp³-hybridized carbons (Fsp3) is 0.304. The third-order valence-electron chi connectivity index (χ3n) is 5.42. The van der Waals surface area contributed by atoms with Crippen LogP contribution in [-0.4, -0.2) is 12.0 Å². The molecule has 0 unspecified atom stereocenters. The molecule has 2 aromatic carbocycles. The van der Waals surface area contributed by atoms with Gasteiger partial charge in [0.25, 0.3) is 0 Å². The Morgan fingerprint density at radius 3 is 1.90 bits per heavy atom. The Morgan fingerprint density at radius 1 is 0.733 bits per heavy atom. The Morgan fingerprint density at radius 2 is 1.33 bits per heavy atom. The van der Waals surface area contributed by atoms with Crippen LogP contribution in [-0.2, 0) is 26.4 Å². The van der Waals surface area contributed by atoms with Crippen LogP contribution in [0.2, 0.25) is 0 Å². The summed E-state index contributed by atoms with van der Waals surface area (Å²) in [5.41, 5.74) is 1.10. The van der Waals surface area contributed by atoms with E-state index in [2.05, 4.69) is 4.74 Å². The minimum absolute atomic E-state index is 0.207. The van der Waals surface area contributed by atoms with E-state index in [-0.39, 0.29) is 6.42 Å². The normalized spacial score (nSPS) is 21.3. The average molecular weight is 420 g/mol. The molecule has 2 aliphatic rings. The van der Waals surface area contributed by atoms with Gasteiger partial charge in [-0.3, -0.25) is 0 Å². The molecule has 0 bridgehead atoms. The molecule has 3 nitrogen and oxygen atoms in total. The number of hydrogen-bond acceptors (Lipinski definition) is 3. The van der Waals surface area contributed by atoms with Gasteiger partial charge in [-0.25, -0.2) is 0 Å². The predicted molar refractivity (Wildman–Crippen MR) is 102 cm³/mol. The molecular weight excluding hydrogens is 400 g/mol. The second-order valence-corrected chi connectivity index (χ2v) is 7.42. The zero-order valence-electron chi connectivity index (χ0n) is 16.6. The molecule has 158 valence electrons. The van der Waals surface area contributed by atoms with Crippen molar-refractivity contribution in [2.45, 2.75) is 45.0 Å². The lowest BCUT2D eigenvalue weighted by atomic mass is 9.94. The molecule has 0 atom stereocenters. The van der Waals surface area contributed by atoms with Crippen LogP contribution in [0.4, 0.5) is 17.6 Å². The van der Waals surface area contributed by atoms with E-state index in [9.17, 15) is 17.6 Å². The summed E-state index contributed by atoms with van der Waals surface area (Å²) in [5, 5.41) is 0. The van der Waals surface area contributed by atoms with Crippen LogP contribution in [0.1, 0.15) is 37.5 Å². The van der Waals surface area contributed by atoms with Gasteiger partial charge < -0.3 is 14.2 Å². The molecule has 0 radical (unpaired) electrons. The smallest absolute Gasteiger partial charge is 0.446 e. The lowest BCUT2D eigenvalue weighted by Crippen LogP contribution is -2.37. The van der Waals surface area contributed by atoms with Crippen molar-refractivity contribution >= 4 is 0 Å². The molecule has 2 aliphatic heterocycles. The monoisotopic (exact) mass is 420 g/mol. The number of allylic oxidation sites excluding steroid dienone is 3. The van der Waals surface area contributed by atoms with Gasteiger partial charge in [0.05, 0.1) is 0 Å². The van der Waals surface area contributed by atoms with Crippen LogP contribution in [0, 0.1) is 0 Å². The lowest BCUT2D eigenvalue weighted by Gasteiger charge is -2.30. The number of alkyl halides is 4. The van der Waals surface area contributed by atoms with Crippen LogP contribution < -0.4 is 0 Å². The quantitative estimate of drug-likeness (QED) is 0.547. The van der Waals surface area contributed by atoms with Gasteiger partial charge in [-0.1, -0.05) is 48.5 Å². The van der Waals surface area contributed by atoms with E-state index in [4.69, 9.17) is 9.47 Å². The second-order valence-electron chi connectivity index (χ2n) is 7.42. The maximum atomic E-state index is 13.8. The molecule has 0 fully saturated rings. The Kier molecular flexibility index (Phi) is 4.60. The molecule has 7 heteroatoms. The van der Waals surface area contributed by atoms with Crippen LogP contribution in [0.25, 0.3) is 0 Å². The summed E-state index contributed by atoms with van der Waals surface area (Å²) in [5.74, 6) is -4.79. The molecule has 0 N–H and O–H groups in total. The first kappa shape index (κ1) is 20.3. The molecule has 2 heterocycles. The molecular formula is C23H20F4O3. The van der Waals surface area contributed by atoms with Crippen molar-refractivity contribution in [1.82, 2.24) is 0 Å². The van der Waals surface area contributed by atoms with Crippen LogP contribution in [0.3, 0.4) is 0 Å². The highest BCUT2D eigenvalue weighted by molar-refractivity contribution is 5.40. The van der Waals surface area contributed by atoms with Crippen molar-refractivity contribution in [2.75, 3.05) is 0 Å². The van der Waals surface area contributed by atoms with Gasteiger partial charge in [0.1, 0.15) is 17.3 Å². The van der Waals surface area contributed by atoms with Crippen molar-refractivity contribution < 1.29 is 31.8 Å². The third kappa shape index (κ3) is 3.04. The van der Waals surface area contributed by atoms with Gasteiger partial charge in [-0.05, 0) is 32.4 Å². The van der Waals surface area contributed by atoms with Gasteiger partial charge in [0.2, 0.25) is 0 Å². The Bertz CT molecular complexity index is 1030. The van der Waals surface area contributed by atoms with Gasteiger partial charge in [0.15, 0.2) is 0 Å². The first-order valence-corrected chi connectivity index (χ1v) is 9.42. The lowest BCUT2D eigenvalue weighted by molar-refractivity contribution is -0.298. The number of hydrogen-bond donors (Lipinski definition) is 0. The van der Waals surface area contributed by atoms with E-state index in [1.54, 1.807) is 38.1 Å².